The Kier molecular flexibility index (Phi) is 7.66. The first kappa shape index (κ1) is 27.8. The standard InChI is InChI=1S/C23H23F6NO5S/c1-12(2)16-6-7-17-18(21(16)35-11-20(31)32)4-3-5-19(17)30-36(33,34)15-9-13(22(24,25)26)8-14(10-15)23(27,28)29/h6-10,12,19,30H,3-5,11H2,1-2H3,(H,31,32). The van der Waals surface area contributed by atoms with Gasteiger partial charge in [0.2, 0.25) is 10.0 Å². The molecule has 36 heavy (non-hydrogen) atoms. The first-order chi connectivity index (χ1) is 16.5. The van der Waals surface area contributed by atoms with Crippen molar-refractivity contribution in [2.75, 3.05) is 6.61 Å². The van der Waals surface area contributed by atoms with Gasteiger partial charge in [-0.15, -0.1) is 0 Å². The summed E-state index contributed by atoms with van der Waals surface area (Å²) >= 11 is 0. The fourth-order valence-corrected chi connectivity index (χ4v) is 5.42. The van der Waals surface area contributed by atoms with E-state index in [1.807, 2.05) is 13.8 Å². The van der Waals surface area contributed by atoms with Gasteiger partial charge in [-0.2, -0.15) is 26.3 Å². The number of fused-ring (bicyclic) bond motifs is 1. The van der Waals surface area contributed by atoms with Crippen molar-refractivity contribution in [1.82, 2.24) is 4.72 Å². The molecule has 2 N–H and O–H groups in total. The SMILES string of the molecule is CC(C)c1ccc2c(c1OCC(=O)O)CCCC2NS(=O)(=O)c1cc(C(F)(F)F)cc(C(F)(F)F)c1. The van der Waals surface area contributed by atoms with Gasteiger partial charge in [-0.1, -0.05) is 26.0 Å². The lowest BCUT2D eigenvalue weighted by Crippen LogP contribution is -2.32. The summed E-state index contributed by atoms with van der Waals surface area (Å²) in [7, 11) is -4.82. The smallest absolute Gasteiger partial charge is 0.416 e. The minimum atomic E-state index is -5.20. The van der Waals surface area contributed by atoms with Crippen molar-refractivity contribution in [2.24, 2.45) is 0 Å². The molecule has 0 bridgehead atoms. The van der Waals surface area contributed by atoms with Crippen molar-refractivity contribution in [1.29, 1.82) is 0 Å². The molecule has 3 rings (SSSR count). The molecule has 6 nitrogen and oxygen atoms in total. The van der Waals surface area contributed by atoms with Crippen LogP contribution in [0.1, 0.15) is 66.5 Å². The highest BCUT2D eigenvalue weighted by molar-refractivity contribution is 7.89. The Morgan fingerprint density at radius 3 is 2.17 bits per heavy atom. The zero-order chi connectivity index (χ0) is 27.1. The van der Waals surface area contributed by atoms with Crippen LogP contribution in [0.4, 0.5) is 26.3 Å². The molecule has 1 aliphatic carbocycles. The molecule has 0 radical (unpaired) electrons. The first-order valence-corrected chi connectivity index (χ1v) is 12.3. The number of carboxylic acid groups (broad SMARTS) is 1. The Bertz CT molecular complexity index is 1220. The van der Waals surface area contributed by atoms with E-state index < -0.39 is 57.0 Å². The molecular weight excluding hydrogens is 516 g/mol. The summed E-state index contributed by atoms with van der Waals surface area (Å²) in [5.41, 5.74) is -1.84. The maximum atomic E-state index is 13.2. The van der Waals surface area contributed by atoms with E-state index in [4.69, 9.17) is 9.84 Å². The van der Waals surface area contributed by atoms with Gasteiger partial charge in [-0.05, 0) is 60.1 Å². The summed E-state index contributed by atoms with van der Waals surface area (Å²) in [6.45, 7) is 3.06. The summed E-state index contributed by atoms with van der Waals surface area (Å²) in [5, 5.41) is 9.02. The third-order valence-electron chi connectivity index (χ3n) is 5.75. The second kappa shape index (κ2) is 9.92. The summed E-state index contributed by atoms with van der Waals surface area (Å²) < 4.78 is 113. The highest BCUT2D eigenvalue weighted by Crippen LogP contribution is 2.41. The molecule has 1 aliphatic rings. The Morgan fingerprint density at radius 1 is 1.08 bits per heavy atom. The van der Waals surface area contributed by atoms with E-state index in [-0.39, 0.29) is 36.3 Å². The monoisotopic (exact) mass is 539 g/mol. The molecule has 198 valence electrons. The van der Waals surface area contributed by atoms with Crippen LogP contribution in [0, 0.1) is 0 Å². The van der Waals surface area contributed by atoms with Crippen molar-refractivity contribution < 1.29 is 49.4 Å². The Balaban J connectivity index is 2.05. The van der Waals surface area contributed by atoms with Gasteiger partial charge < -0.3 is 9.84 Å². The number of hydrogen-bond donors (Lipinski definition) is 2. The van der Waals surface area contributed by atoms with Crippen molar-refractivity contribution in [3.8, 4) is 5.75 Å². The van der Waals surface area contributed by atoms with E-state index in [2.05, 4.69) is 4.72 Å². The Labute approximate surface area is 203 Å². The molecule has 0 saturated heterocycles. The molecule has 0 aromatic heterocycles. The number of rotatable bonds is 7. The van der Waals surface area contributed by atoms with E-state index in [0.717, 1.165) is 0 Å². The number of hydrogen-bond acceptors (Lipinski definition) is 4. The maximum absolute atomic E-state index is 13.2. The average molecular weight is 539 g/mol. The molecule has 2 aromatic rings. The van der Waals surface area contributed by atoms with Crippen LogP contribution in [-0.4, -0.2) is 26.1 Å². The van der Waals surface area contributed by atoms with Gasteiger partial charge in [-0.25, -0.2) is 17.9 Å². The molecule has 0 saturated carbocycles. The second-order valence-corrected chi connectivity index (χ2v) is 10.4. The number of halogens is 6. The number of aliphatic carboxylic acids is 1. The van der Waals surface area contributed by atoms with Crippen LogP contribution in [0.25, 0.3) is 0 Å². The van der Waals surface area contributed by atoms with Crippen molar-refractivity contribution in [3.63, 3.8) is 0 Å². The molecule has 0 fully saturated rings. The van der Waals surface area contributed by atoms with Crippen LogP contribution in [0.3, 0.4) is 0 Å². The van der Waals surface area contributed by atoms with Crippen LogP contribution < -0.4 is 9.46 Å². The van der Waals surface area contributed by atoms with Gasteiger partial charge in [-0.3, -0.25) is 0 Å². The second-order valence-electron chi connectivity index (χ2n) is 8.70. The van der Waals surface area contributed by atoms with Crippen LogP contribution in [-0.2, 0) is 33.6 Å². The van der Waals surface area contributed by atoms with Crippen LogP contribution in [0.2, 0.25) is 0 Å². The van der Waals surface area contributed by atoms with Crippen molar-refractivity contribution in [2.45, 2.75) is 62.3 Å². The minimum Gasteiger partial charge on any atom is -0.481 e. The summed E-state index contributed by atoms with van der Waals surface area (Å²) in [5.74, 6) is -1.00. The summed E-state index contributed by atoms with van der Waals surface area (Å²) in [4.78, 5) is 9.88. The number of benzene rings is 2. The van der Waals surface area contributed by atoms with E-state index in [1.54, 1.807) is 12.1 Å². The highest BCUT2D eigenvalue weighted by atomic mass is 32.2. The molecule has 1 unspecified atom stereocenters. The number of carboxylic acids is 1. The number of nitrogens with one attached hydrogen (secondary N) is 1. The fraction of sp³-hybridized carbons (Fsp3) is 0.435. The summed E-state index contributed by atoms with van der Waals surface area (Å²) in [6, 6.07) is 2.44. The Morgan fingerprint density at radius 2 is 1.67 bits per heavy atom. The van der Waals surface area contributed by atoms with Crippen molar-refractivity contribution in [3.05, 3.63) is 58.1 Å². The molecule has 0 heterocycles. The lowest BCUT2D eigenvalue weighted by Gasteiger charge is -2.29. The number of sulfonamides is 1. The third kappa shape index (κ3) is 6.12. The lowest BCUT2D eigenvalue weighted by molar-refractivity contribution is -0.143. The Hall–Kier alpha value is -2.80. The van der Waals surface area contributed by atoms with E-state index in [9.17, 15) is 39.6 Å². The zero-order valence-corrected chi connectivity index (χ0v) is 19.9. The van der Waals surface area contributed by atoms with Gasteiger partial charge in [0, 0.05) is 6.04 Å². The number of alkyl halides is 6. The fourth-order valence-electron chi connectivity index (χ4n) is 4.10. The van der Waals surface area contributed by atoms with Crippen LogP contribution >= 0.6 is 0 Å². The van der Waals surface area contributed by atoms with Gasteiger partial charge in [0.05, 0.1) is 16.0 Å². The number of ether oxygens (including phenoxy) is 1. The molecule has 1 atom stereocenters. The first-order valence-electron chi connectivity index (χ1n) is 10.8. The lowest BCUT2D eigenvalue weighted by atomic mass is 9.84. The van der Waals surface area contributed by atoms with Crippen molar-refractivity contribution >= 4 is 16.0 Å². The normalized spacial score (nSPS) is 16.6. The van der Waals surface area contributed by atoms with E-state index in [1.165, 1.54) is 0 Å². The largest absolute Gasteiger partial charge is 0.481 e. The van der Waals surface area contributed by atoms with E-state index >= 15 is 0 Å². The zero-order valence-electron chi connectivity index (χ0n) is 19.1. The predicted molar refractivity (Wildman–Crippen MR) is 116 cm³/mol. The molecule has 0 amide bonds. The van der Waals surface area contributed by atoms with Gasteiger partial charge in [0.25, 0.3) is 0 Å². The average Bonchev–Trinajstić information content (AvgIpc) is 2.75. The highest BCUT2D eigenvalue weighted by Gasteiger charge is 2.39. The van der Waals surface area contributed by atoms with Gasteiger partial charge in [0.1, 0.15) is 5.75 Å². The third-order valence-corrected chi connectivity index (χ3v) is 7.20. The van der Waals surface area contributed by atoms with Crippen LogP contribution in [0.5, 0.6) is 5.75 Å². The summed E-state index contributed by atoms with van der Waals surface area (Å²) in [6.07, 6.45) is -9.34. The number of carbonyl (C=O) groups is 1. The predicted octanol–water partition coefficient (Wildman–Crippen LogP) is 5.67. The van der Waals surface area contributed by atoms with E-state index in [0.29, 0.717) is 29.5 Å². The molecule has 0 aliphatic heterocycles. The molecule has 2 aromatic carbocycles. The molecule has 0 spiro atoms. The van der Waals surface area contributed by atoms with Gasteiger partial charge in [0.15, 0.2) is 6.61 Å². The topological polar surface area (TPSA) is 92.7 Å². The molecule has 13 heteroatoms. The quantitative estimate of drug-likeness (QED) is 0.443. The maximum Gasteiger partial charge on any atom is 0.416 e. The minimum absolute atomic E-state index is 0.0675. The molecular formula is C23H23F6NO5S. The van der Waals surface area contributed by atoms with Gasteiger partial charge >= 0.3 is 18.3 Å². The van der Waals surface area contributed by atoms with Crippen LogP contribution in [0.15, 0.2) is 35.2 Å².